The number of imidazole rings is 1. The predicted octanol–water partition coefficient (Wildman–Crippen LogP) is 5.04. The molecule has 1 heterocycles. The van der Waals surface area contributed by atoms with Crippen LogP contribution in [0.15, 0.2) is 54.6 Å². The Labute approximate surface area is 206 Å². The number of para-hydroxylation sites is 2. The van der Waals surface area contributed by atoms with Crippen LogP contribution < -0.4 is 24.8 Å². The van der Waals surface area contributed by atoms with Gasteiger partial charge in [-0.05, 0) is 54.7 Å². The summed E-state index contributed by atoms with van der Waals surface area (Å²) in [4.78, 5) is 20.7. The number of carbonyl (C=O) groups excluding carboxylic acids is 1. The summed E-state index contributed by atoms with van der Waals surface area (Å²) in [7, 11) is 4.44. The Bertz CT molecular complexity index is 1330. The third-order valence-corrected chi connectivity index (χ3v) is 5.57. The quantitative estimate of drug-likeness (QED) is 0.322. The number of H-pyrrole nitrogens is 1. The summed E-state index contributed by atoms with van der Waals surface area (Å²) in [6.07, 6.45) is 0. The molecule has 3 aromatic carbocycles. The van der Waals surface area contributed by atoms with E-state index in [1.165, 1.54) is 33.5 Å². The molecule has 0 spiro atoms. The number of hydrogen-bond acceptors (Lipinski definition) is 6. The number of methoxy groups -OCH3 is 3. The predicted molar refractivity (Wildman–Crippen MR) is 136 cm³/mol. The van der Waals surface area contributed by atoms with E-state index in [-0.39, 0.29) is 10.7 Å². The van der Waals surface area contributed by atoms with Gasteiger partial charge in [0.15, 0.2) is 16.6 Å². The lowest BCUT2D eigenvalue weighted by Gasteiger charge is -2.15. The van der Waals surface area contributed by atoms with Gasteiger partial charge in [0.05, 0.1) is 43.1 Å². The van der Waals surface area contributed by atoms with Crippen molar-refractivity contribution in [3.05, 3.63) is 65.2 Å². The van der Waals surface area contributed by atoms with Crippen molar-refractivity contribution < 1.29 is 19.0 Å². The summed E-state index contributed by atoms with van der Waals surface area (Å²) in [6.45, 7) is 0. The normalized spacial score (nSPS) is 10.6. The zero-order chi connectivity index (χ0) is 24.2. The topological polar surface area (TPSA) is 97.5 Å². The molecule has 4 aromatic rings. The van der Waals surface area contributed by atoms with Gasteiger partial charge in [0, 0.05) is 11.1 Å². The Balaban J connectivity index is 1.53. The first-order valence-electron chi connectivity index (χ1n) is 10.1. The number of amides is 1. The highest BCUT2D eigenvalue weighted by Gasteiger charge is 2.18. The van der Waals surface area contributed by atoms with E-state index in [1.54, 1.807) is 12.1 Å². The molecule has 8 nitrogen and oxygen atoms in total. The monoisotopic (exact) mass is 496 g/mol. The summed E-state index contributed by atoms with van der Waals surface area (Å²) in [5.41, 5.74) is 3.39. The number of aromatic nitrogens is 2. The van der Waals surface area contributed by atoms with E-state index in [9.17, 15) is 4.79 Å². The number of aromatic amines is 1. The number of anilines is 1. The van der Waals surface area contributed by atoms with E-state index in [4.69, 9.17) is 38.0 Å². The lowest BCUT2D eigenvalue weighted by Crippen LogP contribution is -2.34. The summed E-state index contributed by atoms with van der Waals surface area (Å²) < 4.78 is 15.9. The Morgan fingerprint density at radius 2 is 1.71 bits per heavy atom. The number of rotatable bonds is 6. The molecule has 0 saturated heterocycles. The van der Waals surface area contributed by atoms with Crippen molar-refractivity contribution >= 4 is 51.6 Å². The minimum Gasteiger partial charge on any atom is -0.493 e. The summed E-state index contributed by atoms with van der Waals surface area (Å²) in [5.74, 6) is 1.32. The van der Waals surface area contributed by atoms with E-state index < -0.39 is 5.91 Å². The van der Waals surface area contributed by atoms with Crippen LogP contribution in [0.1, 0.15) is 10.4 Å². The molecule has 0 aliphatic rings. The van der Waals surface area contributed by atoms with Gasteiger partial charge in [-0.1, -0.05) is 23.7 Å². The third-order valence-electron chi connectivity index (χ3n) is 5.03. The van der Waals surface area contributed by atoms with Gasteiger partial charge in [-0.15, -0.1) is 0 Å². The zero-order valence-electron chi connectivity index (χ0n) is 18.6. The van der Waals surface area contributed by atoms with Crippen LogP contribution in [-0.2, 0) is 0 Å². The Hall–Kier alpha value is -3.82. The second-order valence-corrected chi connectivity index (χ2v) is 7.93. The highest BCUT2D eigenvalue weighted by atomic mass is 35.5. The molecule has 0 aliphatic heterocycles. The van der Waals surface area contributed by atoms with Crippen LogP contribution in [0.25, 0.3) is 22.4 Å². The Kier molecular flexibility index (Phi) is 6.85. The van der Waals surface area contributed by atoms with Crippen LogP contribution in [-0.4, -0.2) is 42.3 Å². The van der Waals surface area contributed by atoms with Crippen LogP contribution in [0, 0.1) is 0 Å². The molecule has 0 bridgehead atoms. The van der Waals surface area contributed by atoms with Crippen molar-refractivity contribution in [2.75, 3.05) is 26.6 Å². The van der Waals surface area contributed by atoms with Crippen molar-refractivity contribution in [1.29, 1.82) is 0 Å². The van der Waals surface area contributed by atoms with Gasteiger partial charge in [-0.25, -0.2) is 4.98 Å². The molecule has 0 atom stereocenters. The lowest BCUT2D eigenvalue weighted by atomic mass is 10.1. The molecular weight excluding hydrogens is 476 g/mol. The highest BCUT2D eigenvalue weighted by Crippen LogP contribution is 2.38. The maximum absolute atomic E-state index is 12.8. The number of nitrogens with one attached hydrogen (secondary N) is 3. The van der Waals surface area contributed by atoms with Crippen LogP contribution in [0.5, 0.6) is 17.2 Å². The third kappa shape index (κ3) is 4.75. The molecule has 3 N–H and O–H groups in total. The van der Waals surface area contributed by atoms with E-state index >= 15 is 0 Å². The van der Waals surface area contributed by atoms with Gasteiger partial charge in [0.2, 0.25) is 5.75 Å². The number of thiocarbonyl (C=S) groups is 1. The van der Waals surface area contributed by atoms with Gasteiger partial charge >= 0.3 is 0 Å². The number of halogens is 1. The van der Waals surface area contributed by atoms with E-state index in [0.717, 1.165) is 16.6 Å². The number of benzene rings is 3. The maximum Gasteiger partial charge on any atom is 0.257 e. The van der Waals surface area contributed by atoms with Crippen molar-refractivity contribution in [2.45, 2.75) is 0 Å². The highest BCUT2D eigenvalue weighted by molar-refractivity contribution is 7.80. The fourth-order valence-corrected chi connectivity index (χ4v) is 3.77. The van der Waals surface area contributed by atoms with Crippen molar-refractivity contribution in [3.63, 3.8) is 0 Å². The minimum absolute atomic E-state index is 0.0717. The van der Waals surface area contributed by atoms with Gasteiger partial charge in [-0.2, -0.15) is 0 Å². The van der Waals surface area contributed by atoms with Crippen molar-refractivity contribution in [2.24, 2.45) is 0 Å². The van der Waals surface area contributed by atoms with Gasteiger partial charge < -0.3 is 24.5 Å². The largest absolute Gasteiger partial charge is 0.493 e. The first-order valence-corrected chi connectivity index (χ1v) is 10.9. The van der Waals surface area contributed by atoms with E-state index in [1.807, 2.05) is 30.3 Å². The van der Waals surface area contributed by atoms with Crippen LogP contribution in [0.2, 0.25) is 5.02 Å². The number of hydrogen-bond donors (Lipinski definition) is 3. The second kappa shape index (κ2) is 9.98. The second-order valence-electron chi connectivity index (χ2n) is 7.12. The van der Waals surface area contributed by atoms with Crippen LogP contribution in [0.4, 0.5) is 5.69 Å². The molecule has 0 aliphatic carbocycles. The number of carbonyl (C=O) groups is 1. The first kappa shape index (κ1) is 23.3. The van der Waals surface area contributed by atoms with E-state index in [0.29, 0.717) is 33.8 Å². The van der Waals surface area contributed by atoms with Gasteiger partial charge in [0.1, 0.15) is 5.82 Å². The molecule has 1 aromatic heterocycles. The lowest BCUT2D eigenvalue weighted by molar-refractivity contribution is 0.0977. The maximum atomic E-state index is 12.8. The molecular formula is C24H21ClN4O4S. The Morgan fingerprint density at radius 3 is 2.35 bits per heavy atom. The average Bonchev–Trinajstić information content (AvgIpc) is 3.28. The standard InChI is InChI=1S/C24H21ClN4O4S/c1-31-19-11-14(12-20(32-2)21(19)33-3)23(30)29-24(34)28-18-10-13(8-9-15(18)25)22-26-16-6-4-5-7-17(16)27-22/h4-12H,1-3H3,(H,26,27)(H2,28,29,30,34). The fraction of sp³-hybridized carbons (Fsp3) is 0.125. The molecule has 34 heavy (non-hydrogen) atoms. The fourth-order valence-electron chi connectivity index (χ4n) is 3.40. The SMILES string of the molecule is COc1cc(C(=O)NC(=S)Nc2cc(-c3nc4ccccc4[nH]3)ccc2Cl)cc(OC)c1OC. The Morgan fingerprint density at radius 1 is 1.00 bits per heavy atom. The van der Waals surface area contributed by atoms with Crippen molar-refractivity contribution in [1.82, 2.24) is 15.3 Å². The summed E-state index contributed by atoms with van der Waals surface area (Å²) in [5, 5.41) is 6.12. The average molecular weight is 497 g/mol. The minimum atomic E-state index is -0.457. The smallest absolute Gasteiger partial charge is 0.257 e. The van der Waals surface area contributed by atoms with E-state index in [2.05, 4.69) is 20.6 Å². The molecule has 0 fully saturated rings. The molecule has 0 saturated carbocycles. The number of fused-ring (bicyclic) bond motifs is 1. The van der Waals surface area contributed by atoms with Gasteiger partial charge in [0.25, 0.3) is 5.91 Å². The molecule has 10 heteroatoms. The number of ether oxygens (including phenoxy) is 3. The van der Waals surface area contributed by atoms with Gasteiger partial charge in [-0.3, -0.25) is 10.1 Å². The number of nitrogens with zero attached hydrogens (tertiary/aromatic N) is 1. The zero-order valence-corrected chi connectivity index (χ0v) is 20.1. The molecule has 1 amide bonds. The molecule has 0 unspecified atom stereocenters. The molecule has 0 radical (unpaired) electrons. The van der Waals surface area contributed by atoms with Crippen LogP contribution in [0.3, 0.4) is 0 Å². The molecule has 4 rings (SSSR count). The van der Waals surface area contributed by atoms with Crippen molar-refractivity contribution in [3.8, 4) is 28.6 Å². The summed E-state index contributed by atoms with van der Waals surface area (Å²) in [6, 6.07) is 16.2. The summed E-state index contributed by atoms with van der Waals surface area (Å²) >= 11 is 11.7. The molecule has 174 valence electrons. The first-order chi connectivity index (χ1) is 16.4. The van der Waals surface area contributed by atoms with Crippen LogP contribution >= 0.6 is 23.8 Å².